The minimum absolute atomic E-state index is 0.0657. The molecule has 0 saturated carbocycles. The van der Waals surface area contributed by atoms with E-state index in [0.29, 0.717) is 6.61 Å². The van der Waals surface area contributed by atoms with Crippen LogP contribution in [-0.4, -0.2) is 34.8 Å². The molecule has 17 heavy (non-hydrogen) atoms. The van der Waals surface area contributed by atoms with Crippen LogP contribution in [0, 0.1) is 0 Å². The lowest BCUT2D eigenvalue weighted by atomic mass is 10.3. The summed E-state index contributed by atoms with van der Waals surface area (Å²) in [5.74, 6) is -0.918. The van der Waals surface area contributed by atoms with Gasteiger partial charge in [-0.3, -0.25) is 0 Å². The third-order valence-corrected chi connectivity index (χ3v) is 3.09. The Balaban J connectivity index is 4.55. The van der Waals surface area contributed by atoms with Gasteiger partial charge in [-0.25, -0.2) is 0 Å². The Morgan fingerprint density at radius 1 is 1.00 bits per heavy atom. The third kappa shape index (κ3) is 7.89. The molecule has 4 nitrogen and oxygen atoms in total. The van der Waals surface area contributed by atoms with Gasteiger partial charge in [-0.05, 0) is 41.0 Å². The molecule has 5 heteroatoms. The van der Waals surface area contributed by atoms with E-state index in [1.54, 1.807) is 0 Å². The molecule has 0 heterocycles. The molecule has 0 fully saturated rings. The molecule has 0 aromatic heterocycles. The van der Waals surface area contributed by atoms with E-state index in [0.717, 1.165) is 12.8 Å². The smallest absolute Gasteiger partial charge is 0.309 e. The first kappa shape index (κ1) is 17.1. The van der Waals surface area contributed by atoms with Gasteiger partial charge in [0.15, 0.2) is 0 Å². The second-order valence-corrected chi connectivity index (χ2v) is 5.45. The molecule has 0 aliphatic heterocycles. The Kier molecular flexibility index (Phi) is 9.08. The number of hydrogen-bond acceptors (Lipinski definition) is 4. The van der Waals surface area contributed by atoms with Crippen molar-refractivity contribution in [2.45, 2.75) is 72.6 Å². The van der Waals surface area contributed by atoms with Gasteiger partial charge in [-0.2, -0.15) is 0 Å². The van der Waals surface area contributed by atoms with Crippen LogP contribution in [0.4, 0.5) is 0 Å². The van der Waals surface area contributed by atoms with E-state index in [-0.39, 0.29) is 12.2 Å². The van der Waals surface area contributed by atoms with Crippen LogP contribution in [0.5, 0.6) is 0 Å². The molecule has 0 atom stereocenters. The zero-order valence-corrected chi connectivity index (χ0v) is 13.5. The average molecular weight is 264 g/mol. The third-order valence-electron chi connectivity index (χ3n) is 1.95. The average Bonchev–Trinajstić information content (AvgIpc) is 2.16. The largest absolute Gasteiger partial charge is 0.399 e. The molecule has 104 valence electrons. The maximum Gasteiger partial charge on any atom is 0.309 e. The fraction of sp³-hybridized carbons (Fsp3) is 1.00. The lowest BCUT2D eigenvalue weighted by molar-refractivity contribution is -0.373. The fourth-order valence-electron chi connectivity index (χ4n) is 1.53. The van der Waals surface area contributed by atoms with Crippen LogP contribution >= 0.6 is 0 Å². The summed E-state index contributed by atoms with van der Waals surface area (Å²) < 4.78 is 22.9. The van der Waals surface area contributed by atoms with Crippen molar-refractivity contribution < 1.29 is 18.3 Å². The highest BCUT2D eigenvalue weighted by Gasteiger charge is 2.34. The van der Waals surface area contributed by atoms with E-state index < -0.39 is 16.0 Å². The zero-order chi connectivity index (χ0) is 13.3. The van der Waals surface area contributed by atoms with Crippen molar-refractivity contribution in [2.75, 3.05) is 6.61 Å². The molecule has 0 saturated heterocycles. The molecule has 0 aliphatic rings. The first-order valence-electron chi connectivity index (χ1n) is 6.53. The van der Waals surface area contributed by atoms with E-state index in [4.69, 9.17) is 18.3 Å². The Labute approximate surface area is 108 Å². The van der Waals surface area contributed by atoms with Gasteiger partial charge in [-0.15, -0.1) is 0 Å². The standard InChI is InChI=1S/C12H28O4Si/c1-7-9-12(14-10(3)4,15-11(5)6)16-17-13-8-2/h10-11H,7-9,17H2,1-6H3. The lowest BCUT2D eigenvalue weighted by Crippen LogP contribution is -2.44. The van der Waals surface area contributed by atoms with E-state index >= 15 is 0 Å². The van der Waals surface area contributed by atoms with Crippen molar-refractivity contribution in [1.82, 2.24) is 0 Å². The summed E-state index contributed by atoms with van der Waals surface area (Å²) in [4.78, 5) is 0. The van der Waals surface area contributed by atoms with Gasteiger partial charge in [-0.1, -0.05) is 6.92 Å². The number of ether oxygens (including phenoxy) is 2. The molecule has 0 spiro atoms. The molecule has 0 radical (unpaired) electrons. The number of hydrogen-bond donors (Lipinski definition) is 0. The van der Waals surface area contributed by atoms with Crippen LogP contribution in [0.2, 0.25) is 0 Å². The van der Waals surface area contributed by atoms with Crippen LogP contribution in [0.3, 0.4) is 0 Å². The molecule has 0 bridgehead atoms. The van der Waals surface area contributed by atoms with E-state index in [1.807, 2.05) is 34.6 Å². The quantitative estimate of drug-likeness (QED) is 0.345. The second-order valence-electron chi connectivity index (χ2n) is 4.52. The maximum absolute atomic E-state index is 5.85. The maximum atomic E-state index is 5.85. The Hall–Kier alpha value is 0.0569. The second kappa shape index (κ2) is 9.05. The molecule has 0 amide bonds. The normalized spacial score (nSPS) is 13.4. The van der Waals surface area contributed by atoms with E-state index in [1.165, 1.54) is 0 Å². The van der Waals surface area contributed by atoms with Crippen molar-refractivity contribution in [1.29, 1.82) is 0 Å². The number of rotatable bonds is 10. The van der Waals surface area contributed by atoms with Gasteiger partial charge < -0.3 is 18.3 Å². The van der Waals surface area contributed by atoms with Gasteiger partial charge in [0.1, 0.15) is 0 Å². The zero-order valence-electron chi connectivity index (χ0n) is 12.1. The monoisotopic (exact) mass is 264 g/mol. The van der Waals surface area contributed by atoms with Crippen molar-refractivity contribution in [3.63, 3.8) is 0 Å². The van der Waals surface area contributed by atoms with Gasteiger partial charge in [0.25, 0.3) is 5.97 Å². The summed E-state index contributed by atoms with van der Waals surface area (Å²) in [6, 6.07) is 0. The summed E-state index contributed by atoms with van der Waals surface area (Å²) in [6.07, 6.45) is 1.80. The molecule has 0 aromatic rings. The molecular weight excluding hydrogens is 236 g/mol. The highest BCUT2D eigenvalue weighted by molar-refractivity contribution is 6.18. The topological polar surface area (TPSA) is 36.9 Å². The van der Waals surface area contributed by atoms with Gasteiger partial charge >= 0.3 is 10.0 Å². The van der Waals surface area contributed by atoms with Crippen LogP contribution in [0.1, 0.15) is 54.4 Å². The molecule has 0 N–H and O–H groups in total. The van der Waals surface area contributed by atoms with E-state index in [9.17, 15) is 0 Å². The summed E-state index contributed by atoms with van der Waals surface area (Å²) in [5, 5.41) is 0. The van der Waals surface area contributed by atoms with Crippen molar-refractivity contribution >= 4 is 10.0 Å². The highest BCUT2D eigenvalue weighted by atomic mass is 28.3. The SMILES string of the molecule is CCCC(O[SiH2]OCC)(OC(C)C)OC(C)C. The van der Waals surface area contributed by atoms with Crippen molar-refractivity contribution in [3.05, 3.63) is 0 Å². The van der Waals surface area contributed by atoms with Gasteiger partial charge in [0.2, 0.25) is 0 Å². The lowest BCUT2D eigenvalue weighted by Gasteiger charge is -2.36. The van der Waals surface area contributed by atoms with Gasteiger partial charge in [0, 0.05) is 13.0 Å². The van der Waals surface area contributed by atoms with Crippen LogP contribution in [-0.2, 0) is 18.3 Å². The summed E-state index contributed by atoms with van der Waals surface area (Å²) in [5.41, 5.74) is 0. The summed E-state index contributed by atoms with van der Waals surface area (Å²) in [7, 11) is -1.05. The Morgan fingerprint density at radius 2 is 1.53 bits per heavy atom. The van der Waals surface area contributed by atoms with Crippen molar-refractivity contribution in [2.24, 2.45) is 0 Å². The van der Waals surface area contributed by atoms with Crippen LogP contribution in [0.15, 0.2) is 0 Å². The first-order chi connectivity index (χ1) is 7.95. The van der Waals surface area contributed by atoms with Gasteiger partial charge in [0.05, 0.1) is 12.2 Å². The molecule has 0 aromatic carbocycles. The Morgan fingerprint density at radius 3 is 1.88 bits per heavy atom. The van der Waals surface area contributed by atoms with E-state index in [2.05, 4.69) is 6.92 Å². The minimum atomic E-state index is -1.05. The fourth-order valence-corrected chi connectivity index (χ4v) is 2.24. The minimum Gasteiger partial charge on any atom is -0.399 e. The molecule has 0 aliphatic carbocycles. The van der Waals surface area contributed by atoms with Crippen LogP contribution in [0.25, 0.3) is 0 Å². The van der Waals surface area contributed by atoms with Crippen LogP contribution < -0.4 is 0 Å². The Bertz CT molecular complexity index is 175. The van der Waals surface area contributed by atoms with Crippen molar-refractivity contribution in [3.8, 4) is 0 Å². The predicted octanol–water partition coefficient (Wildman–Crippen LogP) is 2.34. The molecular formula is C12H28O4Si. The molecule has 0 rings (SSSR count). The molecule has 0 unspecified atom stereocenters. The highest BCUT2D eigenvalue weighted by Crippen LogP contribution is 2.25. The summed E-state index contributed by atoms with van der Waals surface area (Å²) in [6.45, 7) is 12.7. The predicted molar refractivity (Wildman–Crippen MR) is 71.3 cm³/mol. The summed E-state index contributed by atoms with van der Waals surface area (Å²) >= 11 is 0. The first-order valence-corrected chi connectivity index (χ1v) is 7.68.